The Balaban J connectivity index is 1.37. The molecule has 3 aliphatic heterocycles. The van der Waals surface area contributed by atoms with Crippen molar-refractivity contribution in [1.82, 2.24) is 19.4 Å². The molecule has 1 atom stereocenters. The van der Waals surface area contributed by atoms with Crippen LogP contribution in [0.2, 0.25) is 0 Å². The van der Waals surface area contributed by atoms with Gasteiger partial charge in [-0.1, -0.05) is 0 Å². The molecule has 1 aromatic rings. The highest BCUT2D eigenvalue weighted by Crippen LogP contribution is 2.37. The molecule has 4 rings (SSSR count). The first-order chi connectivity index (χ1) is 12.2. The first-order valence-corrected chi connectivity index (χ1v) is 9.39. The minimum Gasteiger partial charge on any atom is -0.379 e. The topological polar surface area (TPSA) is 59.8 Å². The minimum absolute atomic E-state index is 0.0305. The summed E-state index contributed by atoms with van der Waals surface area (Å²) in [6.07, 6.45) is 7.52. The van der Waals surface area contributed by atoms with Crippen LogP contribution in [-0.4, -0.2) is 82.9 Å². The number of amides is 1. The summed E-state index contributed by atoms with van der Waals surface area (Å²) in [5, 5.41) is 0. The third-order valence-electron chi connectivity index (χ3n) is 6.00. The molecule has 0 bridgehead atoms. The summed E-state index contributed by atoms with van der Waals surface area (Å²) < 4.78 is 13.5. The van der Waals surface area contributed by atoms with Crippen molar-refractivity contribution in [3.05, 3.63) is 18.2 Å². The lowest BCUT2D eigenvalue weighted by atomic mass is 9.81. The van der Waals surface area contributed by atoms with Crippen LogP contribution >= 0.6 is 0 Å². The molecule has 3 fully saturated rings. The van der Waals surface area contributed by atoms with E-state index in [1.165, 1.54) is 0 Å². The molecule has 7 nitrogen and oxygen atoms in total. The number of nitrogens with zero attached hydrogens (tertiary/aromatic N) is 4. The van der Waals surface area contributed by atoms with Gasteiger partial charge in [-0.2, -0.15) is 0 Å². The highest BCUT2D eigenvalue weighted by Gasteiger charge is 2.43. The molecule has 3 saturated heterocycles. The normalized spacial score (nSPS) is 27.6. The molecule has 0 aliphatic carbocycles. The van der Waals surface area contributed by atoms with Crippen molar-refractivity contribution in [2.75, 3.05) is 46.0 Å². The molecular formula is C18H28N4O3. The highest BCUT2D eigenvalue weighted by atomic mass is 16.5. The minimum atomic E-state index is -0.0559. The number of hydrogen-bond donors (Lipinski definition) is 0. The summed E-state index contributed by atoms with van der Waals surface area (Å²) in [7, 11) is 1.86. The second-order valence-electron chi connectivity index (χ2n) is 7.48. The third-order valence-corrected chi connectivity index (χ3v) is 6.00. The number of likely N-dealkylation sites (tertiary alicyclic amines) is 1. The van der Waals surface area contributed by atoms with Gasteiger partial charge in [-0.15, -0.1) is 0 Å². The first kappa shape index (κ1) is 17.0. The van der Waals surface area contributed by atoms with Gasteiger partial charge in [-0.05, 0) is 25.7 Å². The number of hydrogen-bond acceptors (Lipinski definition) is 5. The van der Waals surface area contributed by atoms with Crippen molar-refractivity contribution >= 4 is 5.91 Å². The van der Waals surface area contributed by atoms with Crippen molar-refractivity contribution in [3.63, 3.8) is 0 Å². The summed E-state index contributed by atoms with van der Waals surface area (Å²) in [6.45, 7) is 6.08. The van der Waals surface area contributed by atoms with Gasteiger partial charge in [0.2, 0.25) is 0 Å². The fraction of sp³-hybridized carbons (Fsp3) is 0.778. The van der Waals surface area contributed by atoms with E-state index in [1.54, 1.807) is 10.8 Å². The molecule has 0 saturated carbocycles. The number of morpholine rings is 1. The summed E-state index contributed by atoms with van der Waals surface area (Å²) >= 11 is 0. The predicted octanol–water partition coefficient (Wildman–Crippen LogP) is 0.906. The van der Waals surface area contributed by atoms with E-state index in [2.05, 4.69) is 9.88 Å². The van der Waals surface area contributed by atoms with E-state index < -0.39 is 0 Å². The van der Waals surface area contributed by atoms with Gasteiger partial charge in [0.25, 0.3) is 5.91 Å². The van der Waals surface area contributed by atoms with Crippen molar-refractivity contribution in [3.8, 4) is 0 Å². The van der Waals surface area contributed by atoms with Gasteiger partial charge >= 0.3 is 0 Å². The maximum atomic E-state index is 12.6. The van der Waals surface area contributed by atoms with E-state index in [0.717, 1.165) is 71.7 Å². The second kappa shape index (κ2) is 7.05. The Labute approximate surface area is 148 Å². The molecule has 4 heterocycles. The SMILES string of the molecule is Cn1ccnc1C(=O)N1CCC2(CC1)CC(N1CCOCC1)CCO2. The van der Waals surface area contributed by atoms with E-state index in [1.807, 2.05) is 18.1 Å². The molecule has 0 N–H and O–H groups in total. The van der Waals surface area contributed by atoms with Crippen molar-refractivity contribution in [2.24, 2.45) is 7.05 Å². The van der Waals surface area contributed by atoms with Gasteiger partial charge in [-0.25, -0.2) is 4.98 Å². The molecule has 1 aromatic heterocycles. The first-order valence-electron chi connectivity index (χ1n) is 9.39. The van der Waals surface area contributed by atoms with E-state index in [9.17, 15) is 4.79 Å². The maximum Gasteiger partial charge on any atom is 0.289 e. The van der Waals surface area contributed by atoms with Crippen LogP contribution < -0.4 is 0 Å². The largest absolute Gasteiger partial charge is 0.379 e. The van der Waals surface area contributed by atoms with Crippen LogP contribution in [0.4, 0.5) is 0 Å². The van der Waals surface area contributed by atoms with Gasteiger partial charge in [-0.3, -0.25) is 9.69 Å². The molecule has 0 aromatic carbocycles. The zero-order valence-corrected chi connectivity index (χ0v) is 15.0. The van der Waals surface area contributed by atoms with Crippen LogP contribution in [0.25, 0.3) is 0 Å². The lowest BCUT2D eigenvalue weighted by Gasteiger charge is -2.48. The fourth-order valence-corrected chi connectivity index (χ4v) is 4.44. The lowest BCUT2D eigenvalue weighted by Crippen LogP contribution is -2.56. The van der Waals surface area contributed by atoms with Crippen molar-refractivity contribution in [1.29, 1.82) is 0 Å². The van der Waals surface area contributed by atoms with Crippen molar-refractivity contribution in [2.45, 2.75) is 37.3 Å². The summed E-state index contributed by atoms with van der Waals surface area (Å²) in [5.74, 6) is 0.551. The van der Waals surface area contributed by atoms with Gasteiger partial charge in [0, 0.05) is 58.3 Å². The van der Waals surface area contributed by atoms with Crippen LogP contribution in [0.1, 0.15) is 36.3 Å². The molecule has 7 heteroatoms. The van der Waals surface area contributed by atoms with Crippen molar-refractivity contribution < 1.29 is 14.3 Å². The highest BCUT2D eigenvalue weighted by molar-refractivity contribution is 5.90. The summed E-state index contributed by atoms with van der Waals surface area (Å²) in [4.78, 5) is 21.3. The number of ether oxygens (including phenoxy) is 2. The number of rotatable bonds is 2. The van der Waals surface area contributed by atoms with Crippen LogP contribution in [0, 0.1) is 0 Å². The van der Waals surface area contributed by atoms with Gasteiger partial charge in [0.1, 0.15) is 0 Å². The summed E-state index contributed by atoms with van der Waals surface area (Å²) in [5.41, 5.74) is -0.0559. The Morgan fingerprint density at radius 3 is 2.64 bits per heavy atom. The Morgan fingerprint density at radius 1 is 1.20 bits per heavy atom. The van der Waals surface area contributed by atoms with Crippen LogP contribution in [0.15, 0.2) is 12.4 Å². The maximum absolute atomic E-state index is 12.6. The van der Waals surface area contributed by atoms with Gasteiger partial charge < -0.3 is 18.9 Å². The Morgan fingerprint density at radius 2 is 1.96 bits per heavy atom. The third kappa shape index (κ3) is 3.45. The molecule has 1 unspecified atom stereocenters. The van der Waals surface area contributed by atoms with Gasteiger partial charge in [0.05, 0.1) is 18.8 Å². The molecule has 1 amide bonds. The van der Waals surface area contributed by atoms with E-state index >= 15 is 0 Å². The fourth-order valence-electron chi connectivity index (χ4n) is 4.44. The number of piperidine rings is 1. The average molecular weight is 348 g/mol. The average Bonchev–Trinajstić information content (AvgIpc) is 3.09. The van der Waals surface area contributed by atoms with E-state index in [4.69, 9.17) is 9.47 Å². The lowest BCUT2D eigenvalue weighted by molar-refractivity contribution is -0.136. The number of carbonyl (C=O) groups excluding carboxylic acids is 1. The Kier molecular flexibility index (Phi) is 4.80. The molecule has 25 heavy (non-hydrogen) atoms. The number of aromatic nitrogens is 2. The number of carbonyl (C=O) groups is 1. The molecule has 3 aliphatic rings. The molecular weight excluding hydrogens is 320 g/mol. The molecule has 1 spiro atoms. The molecule has 0 radical (unpaired) electrons. The smallest absolute Gasteiger partial charge is 0.289 e. The Bertz CT molecular complexity index is 603. The number of aryl methyl sites for hydroxylation is 1. The van der Waals surface area contributed by atoms with Crippen LogP contribution in [0.3, 0.4) is 0 Å². The molecule has 138 valence electrons. The zero-order valence-electron chi connectivity index (χ0n) is 15.0. The number of imidazole rings is 1. The van der Waals surface area contributed by atoms with E-state index in [0.29, 0.717) is 11.9 Å². The van der Waals surface area contributed by atoms with Crippen LogP contribution in [-0.2, 0) is 16.5 Å². The second-order valence-corrected chi connectivity index (χ2v) is 7.48. The van der Waals surface area contributed by atoms with E-state index in [-0.39, 0.29) is 11.5 Å². The van der Waals surface area contributed by atoms with Crippen LogP contribution in [0.5, 0.6) is 0 Å². The monoisotopic (exact) mass is 348 g/mol. The summed E-state index contributed by atoms with van der Waals surface area (Å²) in [6, 6.07) is 0.592. The van der Waals surface area contributed by atoms with Gasteiger partial charge in [0.15, 0.2) is 5.82 Å². The zero-order chi connectivity index (χ0) is 17.3. The Hall–Kier alpha value is -1.44. The standard InChI is InChI=1S/C18H28N4O3/c1-20-8-5-19-16(20)17(23)22-6-3-18(4-7-22)14-15(2-11-25-18)21-9-12-24-13-10-21/h5,8,15H,2-4,6-7,9-14H2,1H3. The quantitative estimate of drug-likeness (QED) is 0.795. The predicted molar refractivity (Wildman–Crippen MR) is 92.4 cm³/mol.